The fourth-order valence-corrected chi connectivity index (χ4v) is 3.64. The summed E-state index contributed by atoms with van der Waals surface area (Å²) in [5.41, 5.74) is 5.96. The minimum Gasteiger partial charge on any atom is -0.329 e. The Bertz CT molecular complexity index is 187. The molecule has 3 atom stereocenters. The van der Waals surface area contributed by atoms with Crippen molar-refractivity contribution in [3.05, 3.63) is 0 Å². The van der Waals surface area contributed by atoms with Crippen molar-refractivity contribution in [1.82, 2.24) is 4.90 Å². The highest BCUT2D eigenvalue weighted by atomic mass is 32.2. The predicted molar refractivity (Wildman–Crippen MR) is 75.1 cm³/mol. The summed E-state index contributed by atoms with van der Waals surface area (Å²) in [5.74, 6) is 2.49. The largest absolute Gasteiger partial charge is 0.329 e. The first-order valence-electron chi connectivity index (χ1n) is 6.79. The minimum absolute atomic E-state index is 0.612. The van der Waals surface area contributed by atoms with E-state index in [4.69, 9.17) is 5.73 Å². The van der Waals surface area contributed by atoms with Gasteiger partial charge in [-0.25, -0.2) is 0 Å². The lowest BCUT2D eigenvalue weighted by Gasteiger charge is -2.35. The van der Waals surface area contributed by atoms with Crippen molar-refractivity contribution in [2.24, 2.45) is 5.73 Å². The zero-order valence-electron chi connectivity index (χ0n) is 11.1. The van der Waals surface area contributed by atoms with E-state index < -0.39 is 0 Å². The van der Waals surface area contributed by atoms with Gasteiger partial charge in [-0.3, -0.25) is 4.90 Å². The van der Waals surface area contributed by atoms with Crippen LogP contribution >= 0.6 is 11.8 Å². The first-order chi connectivity index (χ1) is 7.74. The lowest BCUT2D eigenvalue weighted by Crippen LogP contribution is -2.47. The van der Waals surface area contributed by atoms with Gasteiger partial charge in [0, 0.05) is 24.7 Å². The molecule has 1 saturated heterocycles. The van der Waals surface area contributed by atoms with Crippen LogP contribution in [0.15, 0.2) is 0 Å². The summed E-state index contributed by atoms with van der Waals surface area (Å²) in [4.78, 5) is 2.70. The molecule has 96 valence electrons. The van der Waals surface area contributed by atoms with Crippen LogP contribution in [-0.2, 0) is 0 Å². The van der Waals surface area contributed by atoms with E-state index in [0.717, 1.165) is 18.6 Å². The van der Waals surface area contributed by atoms with Gasteiger partial charge < -0.3 is 5.73 Å². The number of nitrogens with zero attached hydrogens (tertiary/aromatic N) is 1. The molecule has 0 spiro atoms. The molecule has 0 amide bonds. The number of rotatable bonds is 7. The van der Waals surface area contributed by atoms with Crippen molar-refractivity contribution in [3.63, 3.8) is 0 Å². The Labute approximate surface area is 105 Å². The predicted octanol–water partition coefficient (Wildman–Crippen LogP) is 2.72. The van der Waals surface area contributed by atoms with Gasteiger partial charge in [-0.1, -0.05) is 13.8 Å². The van der Waals surface area contributed by atoms with Gasteiger partial charge in [0.15, 0.2) is 0 Å². The molecule has 0 aromatic carbocycles. The molecule has 2 N–H and O–H groups in total. The van der Waals surface area contributed by atoms with Crippen LogP contribution in [0.2, 0.25) is 0 Å². The molecule has 1 aliphatic heterocycles. The van der Waals surface area contributed by atoms with Gasteiger partial charge in [-0.2, -0.15) is 11.8 Å². The second-order valence-corrected chi connectivity index (χ2v) is 6.20. The van der Waals surface area contributed by atoms with Crippen molar-refractivity contribution in [3.8, 4) is 0 Å². The van der Waals surface area contributed by atoms with Crippen LogP contribution < -0.4 is 5.73 Å². The third kappa shape index (κ3) is 3.64. The van der Waals surface area contributed by atoms with Crippen LogP contribution in [0.1, 0.15) is 46.5 Å². The molecule has 1 rings (SSSR count). The van der Waals surface area contributed by atoms with E-state index in [1.807, 2.05) is 11.8 Å². The smallest absolute Gasteiger partial charge is 0.0232 e. The molecule has 0 saturated carbocycles. The molecule has 0 aliphatic carbocycles. The molecular weight excluding hydrogens is 216 g/mol. The molecule has 3 unspecified atom stereocenters. The molecule has 0 aromatic rings. The molecule has 1 aliphatic rings. The third-order valence-electron chi connectivity index (χ3n) is 3.81. The number of thioether (sulfide) groups is 1. The van der Waals surface area contributed by atoms with E-state index in [-0.39, 0.29) is 0 Å². The molecule has 0 bridgehead atoms. The van der Waals surface area contributed by atoms with E-state index in [9.17, 15) is 0 Å². The number of hydrogen-bond acceptors (Lipinski definition) is 3. The Morgan fingerprint density at radius 2 is 2.12 bits per heavy atom. The number of nitrogens with two attached hydrogens (primary N) is 1. The quantitative estimate of drug-likeness (QED) is 0.698. The van der Waals surface area contributed by atoms with Gasteiger partial charge in [-0.05, 0) is 44.1 Å². The molecule has 1 heterocycles. The van der Waals surface area contributed by atoms with Gasteiger partial charge in [-0.15, -0.1) is 0 Å². The van der Waals surface area contributed by atoms with Gasteiger partial charge >= 0.3 is 0 Å². The van der Waals surface area contributed by atoms with Crippen molar-refractivity contribution in [2.75, 3.05) is 18.1 Å². The first kappa shape index (κ1) is 14.3. The molecule has 0 radical (unpaired) electrons. The van der Waals surface area contributed by atoms with Crippen molar-refractivity contribution >= 4 is 11.8 Å². The highest BCUT2D eigenvalue weighted by Crippen LogP contribution is 2.29. The minimum atomic E-state index is 0.612. The van der Waals surface area contributed by atoms with Gasteiger partial charge in [0.2, 0.25) is 0 Å². The Hall–Kier alpha value is 0.270. The topological polar surface area (TPSA) is 29.3 Å². The van der Waals surface area contributed by atoms with Crippen LogP contribution in [0.4, 0.5) is 0 Å². The average Bonchev–Trinajstić information content (AvgIpc) is 2.66. The Morgan fingerprint density at radius 1 is 1.38 bits per heavy atom. The maximum Gasteiger partial charge on any atom is 0.0232 e. The van der Waals surface area contributed by atoms with E-state index >= 15 is 0 Å². The standard InChI is InChI=1S/C13H28N2S/c1-4-12-7-6-11(3)15(12)13(10-14)8-9-16-5-2/h11-13H,4-10,14H2,1-3H3. The zero-order chi connectivity index (χ0) is 12.0. The lowest BCUT2D eigenvalue weighted by molar-refractivity contribution is 0.134. The summed E-state index contributed by atoms with van der Waals surface area (Å²) in [6.45, 7) is 7.73. The summed E-state index contributed by atoms with van der Waals surface area (Å²) in [5, 5.41) is 0. The summed E-state index contributed by atoms with van der Waals surface area (Å²) >= 11 is 2.04. The van der Waals surface area contributed by atoms with Crippen LogP contribution in [0.5, 0.6) is 0 Å². The van der Waals surface area contributed by atoms with Crippen molar-refractivity contribution in [1.29, 1.82) is 0 Å². The first-order valence-corrected chi connectivity index (χ1v) is 7.95. The fourth-order valence-electron chi connectivity index (χ4n) is 2.92. The second-order valence-electron chi connectivity index (χ2n) is 4.81. The van der Waals surface area contributed by atoms with Crippen LogP contribution in [-0.4, -0.2) is 41.1 Å². The lowest BCUT2D eigenvalue weighted by atomic mass is 10.1. The van der Waals surface area contributed by atoms with Crippen LogP contribution in [0.25, 0.3) is 0 Å². The SMILES string of the molecule is CCSCCC(CN)N1C(C)CCC1CC. The van der Waals surface area contributed by atoms with E-state index in [1.54, 1.807) is 0 Å². The Balaban J connectivity index is 2.48. The monoisotopic (exact) mass is 244 g/mol. The van der Waals surface area contributed by atoms with Crippen LogP contribution in [0.3, 0.4) is 0 Å². The normalized spacial score (nSPS) is 28.5. The van der Waals surface area contributed by atoms with Gasteiger partial charge in [0.1, 0.15) is 0 Å². The Kier molecular flexibility index (Phi) is 6.78. The molecular formula is C13H28N2S. The van der Waals surface area contributed by atoms with Crippen molar-refractivity contribution in [2.45, 2.75) is 64.6 Å². The molecule has 1 fully saturated rings. The maximum absolute atomic E-state index is 5.96. The van der Waals surface area contributed by atoms with E-state index in [0.29, 0.717) is 6.04 Å². The summed E-state index contributed by atoms with van der Waals surface area (Å²) in [6, 6.07) is 2.14. The average molecular weight is 244 g/mol. The summed E-state index contributed by atoms with van der Waals surface area (Å²) in [6.07, 6.45) is 5.27. The fraction of sp³-hybridized carbons (Fsp3) is 1.00. The van der Waals surface area contributed by atoms with Crippen molar-refractivity contribution < 1.29 is 0 Å². The second kappa shape index (κ2) is 7.57. The molecule has 2 nitrogen and oxygen atoms in total. The summed E-state index contributed by atoms with van der Waals surface area (Å²) < 4.78 is 0. The Morgan fingerprint density at radius 3 is 2.69 bits per heavy atom. The zero-order valence-corrected chi connectivity index (χ0v) is 11.9. The highest BCUT2D eigenvalue weighted by Gasteiger charge is 2.33. The summed E-state index contributed by atoms with van der Waals surface area (Å²) in [7, 11) is 0. The number of likely N-dealkylation sites (tertiary alicyclic amines) is 1. The highest BCUT2D eigenvalue weighted by molar-refractivity contribution is 7.99. The molecule has 3 heteroatoms. The van der Waals surface area contributed by atoms with Gasteiger partial charge in [0.05, 0.1) is 0 Å². The van der Waals surface area contributed by atoms with E-state index in [1.165, 1.54) is 37.2 Å². The van der Waals surface area contributed by atoms with Crippen LogP contribution in [0, 0.1) is 0 Å². The maximum atomic E-state index is 5.96. The third-order valence-corrected chi connectivity index (χ3v) is 4.75. The van der Waals surface area contributed by atoms with Gasteiger partial charge in [0.25, 0.3) is 0 Å². The van der Waals surface area contributed by atoms with E-state index in [2.05, 4.69) is 25.7 Å². The molecule has 16 heavy (non-hydrogen) atoms. The number of hydrogen-bond donors (Lipinski definition) is 1. The molecule has 0 aromatic heterocycles.